The van der Waals surface area contributed by atoms with Crippen LogP contribution in [0.15, 0.2) is 11.4 Å². The van der Waals surface area contributed by atoms with Crippen LogP contribution < -0.4 is 5.32 Å². The van der Waals surface area contributed by atoms with Crippen LogP contribution in [0.1, 0.15) is 47.2 Å². The highest BCUT2D eigenvalue weighted by Gasteiger charge is 2.24. The summed E-state index contributed by atoms with van der Waals surface area (Å²) in [4.78, 5) is 33.3. The number of carbonyl (C=O) groups excluding carboxylic acids is 1. The fourth-order valence-corrected chi connectivity index (χ4v) is 4.37. The molecule has 2 aromatic rings. The van der Waals surface area contributed by atoms with Crippen LogP contribution in [0.5, 0.6) is 0 Å². The van der Waals surface area contributed by atoms with Gasteiger partial charge in [-0.3, -0.25) is 14.5 Å². The molecule has 2 aliphatic rings. The number of thiazole rings is 1. The van der Waals surface area contributed by atoms with Crippen LogP contribution in [0.2, 0.25) is 0 Å². The van der Waals surface area contributed by atoms with Crippen molar-refractivity contribution >= 4 is 28.2 Å². The average molecular weight is 414 g/mol. The largest absolute Gasteiger partial charge is 0.316 e. The van der Waals surface area contributed by atoms with E-state index in [-0.39, 0.29) is 11.8 Å². The number of anilines is 2. The molecule has 2 aliphatic heterocycles. The van der Waals surface area contributed by atoms with E-state index in [2.05, 4.69) is 31.2 Å². The van der Waals surface area contributed by atoms with Gasteiger partial charge < -0.3 is 5.32 Å². The zero-order chi connectivity index (χ0) is 20.2. The van der Waals surface area contributed by atoms with Gasteiger partial charge in [0.2, 0.25) is 0 Å². The second-order valence-electron chi connectivity index (χ2n) is 7.21. The smallest absolute Gasteiger partial charge is 0.296 e. The average Bonchev–Trinajstić information content (AvgIpc) is 3.40. The summed E-state index contributed by atoms with van der Waals surface area (Å²) in [7, 11) is 0. The van der Waals surface area contributed by atoms with Crippen LogP contribution in [-0.4, -0.2) is 63.6 Å². The summed E-state index contributed by atoms with van der Waals surface area (Å²) < 4.78 is 0. The van der Waals surface area contributed by atoms with Crippen LogP contribution in [0.25, 0.3) is 0 Å². The third kappa shape index (κ3) is 4.70. The van der Waals surface area contributed by atoms with Crippen molar-refractivity contribution < 1.29 is 9.63 Å². The molecular formula is C19H23N7O2S. The number of hydrogen-bond donors (Lipinski definition) is 1. The molecule has 10 heteroatoms. The topological polar surface area (TPSA) is 107 Å². The summed E-state index contributed by atoms with van der Waals surface area (Å²) in [6.07, 6.45) is 2.94. The molecule has 0 aromatic carbocycles. The number of amides is 1. The minimum absolute atomic E-state index is 0.217. The van der Waals surface area contributed by atoms with Crippen LogP contribution in [-0.2, 0) is 4.84 Å². The van der Waals surface area contributed by atoms with Crippen molar-refractivity contribution in [2.24, 2.45) is 0 Å². The normalized spacial score (nSPS) is 19.9. The number of carbonyl (C=O) groups is 1. The van der Waals surface area contributed by atoms with Crippen LogP contribution >= 0.6 is 11.3 Å². The number of hydroxylamine groups is 2. The lowest BCUT2D eigenvalue weighted by Gasteiger charge is -2.30. The van der Waals surface area contributed by atoms with Crippen molar-refractivity contribution in [3.8, 4) is 6.07 Å². The molecule has 0 spiro atoms. The molecule has 29 heavy (non-hydrogen) atoms. The van der Waals surface area contributed by atoms with Crippen molar-refractivity contribution in [2.45, 2.75) is 32.1 Å². The van der Waals surface area contributed by atoms with Gasteiger partial charge in [0.15, 0.2) is 5.13 Å². The molecule has 1 N–H and O–H groups in total. The number of rotatable bonds is 5. The molecular weight excluding hydrogens is 390 g/mol. The molecule has 1 amide bonds. The van der Waals surface area contributed by atoms with Gasteiger partial charge in [-0.05, 0) is 32.7 Å². The number of aryl methyl sites for hydroxylation is 1. The summed E-state index contributed by atoms with van der Waals surface area (Å²) >= 11 is 1.36. The third-order valence-corrected chi connectivity index (χ3v) is 5.77. The minimum atomic E-state index is -0.217. The number of aromatic nitrogens is 3. The van der Waals surface area contributed by atoms with E-state index in [4.69, 9.17) is 10.1 Å². The Labute approximate surface area is 173 Å². The van der Waals surface area contributed by atoms with Crippen molar-refractivity contribution in [3.05, 3.63) is 28.7 Å². The van der Waals surface area contributed by atoms with Gasteiger partial charge in [0.05, 0.1) is 31.5 Å². The molecule has 9 nitrogen and oxygen atoms in total. The first-order valence-corrected chi connectivity index (χ1v) is 10.6. The van der Waals surface area contributed by atoms with Gasteiger partial charge in [-0.25, -0.2) is 20.0 Å². The van der Waals surface area contributed by atoms with E-state index >= 15 is 0 Å². The van der Waals surface area contributed by atoms with E-state index < -0.39 is 0 Å². The summed E-state index contributed by atoms with van der Waals surface area (Å²) in [5.41, 5.74) is 1.34. The van der Waals surface area contributed by atoms with Crippen LogP contribution in [0.4, 0.5) is 10.9 Å². The Kier molecular flexibility index (Phi) is 5.99. The first kappa shape index (κ1) is 19.7. The second kappa shape index (κ2) is 8.82. The molecule has 0 unspecified atom stereocenters. The maximum atomic E-state index is 12.4. The Morgan fingerprint density at radius 1 is 1.38 bits per heavy atom. The first-order valence-electron chi connectivity index (χ1n) is 9.74. The molecule has 0 bridgehead atoms. The second-order valence-corrected chi connectivity index (χ2v) is 8.07. The Morgan fingerprint density at radius 2 is 2.28 bits per heavy atom. The van der Waals surface area contributed by atoms with Crippen molar-refractivity contribution in [3.63, 3.8) is 0 Å². The number of likely N-dealkylation sites (tertiary alicyclic amines) is 1. The molecule has 0 radical (unpaired) electrons. The van der Waals surface area contributed by atoms with Crippen LogP contribution in [0.3, 0.4) is 0 Å². The minimum Gasteiger partial charge on any atom is -0.316 e. The van der Waals surface area contributed by atoms with Crippen molar-refractivity contribution in [1.29, 1.82) is 5.26 Å². The fraction of sp³-hybridized carbons (Fsp3) is 0.526. The standard InChI is InChI=1S/C19H23N7O2S/c1-13-21-15(14-4-2-6-25(11-14)8-5-20)10-17(22-13)24-19-23-16(12-29-19)18(27)26-7-3-9-28-26/h10,12,14H,2-4,6-9,11H2,1H3,(H,21,22,23,24)/t14-/m0/s1. The highest BCUT2D eigenvalue weighted by Crippen LogP contribution is 2.28. The quantitative estimate of drug-likeness (QED) is 0.745. The van der Waals surface area contributed by atoms with Gasteiger partial charge >= 0.3 is 0 Å². The predicted octanol–water partition coefficient (Wildman–Crippen LogP) is 2.47. The van der Waals surface area contributed by atoms with E-state index in [0.717, 1.165) is 38.0 Å². The molecule has 0 saturated carbocycles. The highest BCUT2D eigenvalue weighted by atomic mass is 32.1. The number of piperidine rings is 1. The number of nitrogens with zero attached hydrogens (tertiary/aromatic N) is 6. The number of nitrogens with one attached hydrogen (secondary N) is 1. The van der Waals surface area contributed by atoms with E-state index in [1.54, 1.807) is 5.38 Å². The lowest BCUT2D eigenvalue weighted by atomic mass is 9.94. The molecule has 152 valence electrons. The highest BCUT2D eigenvalue weighted by molar-refractivity contribution is 7.14. The van der Waals surface area contributed by atoms with E-state index in [1.807, 2.05) is 13.0 Å². The Hall–Kier alpha value is -2.61. The Balaban J connectivity index is 1.47. The molecule has 4 rings (SSSR count). The first-order chi connectivity index (χ1) is 14.1. The maximum Gasteiger partial charge on any atom is 0.296 e. The molecule has 2 fully saturated rings. The summed E-state index contributed by atoms with van der Waals surface area (Å²) in [5.74, 6) is 1.41. The van der Waals surface area contributed by atoms with Crippen molar-refractivity contribution in [1.82, 2.24) is 24.9 Å². The molecule has 1 atom stereocenters. The number of hydrogen-bond acceptors (Lipinski definition) is 9. The SMILES string of the molecule is Cc1nc(Nc2nc(C(=O)N3CCCO3)cs2)cc([C@H]2CCCN(CC#N)C2)n1. The van der Waals surface area contributed by atoms with E-state index in [9.17, 15) is 4.79 Å². The molecule has 0 aliphatic carbocycles. The van der Waals surface area contributed by atoms with Gasteiger partial charge in [0.1, 0.15) is 17.3 Å². The fourth-order valence-electron chi connectivity index (χ4n) is 3.68. The summed E-state index contributed by atoms with van der Waals surface area (Å²) in [5, 5.41) is 15.9. The van der Waals surface area contributed by atoms with Gasteiger partial charge in [-0.15, -0.1) is 11.3 Å². The monoisotopic (exact) mass is 413 g/mol. The summed E-state index contributed by atoms with van der Waals surface area (Å²) in [6.45, 7) is 5.26. The summed E-state index contributed by atoms with van der Waals surface area (Å²) in [6, 6.07) is 4.17. The number of nitriles is 1. The lowest BCUT2D eigenvalue weighted by molar-refractivity contribution is -0.0771. The molecule has 4 heterocycles. The Bertz CT molecular complexity index is 920. The molecule has 2 saturated heterocycles. The zero-order valence-corrected chi connectivity index (χ0v) is 17.1. The van der Waals surface area contributed by atoms with Gasteiger partial charge in [0, 0.05) is 23.9 Å². The van der Waals surface area contributed by atoms with Gasteiger partial charge in [-0.2, -0.15) is 5.26 Å². The Morgan fingerprint density at radius 3 is 3.07 bits per heavy atom. The van der Waals surface area contributed by atoms with E-state index in [1.165, 1.54) is 16.4 Å². The maximum absolute atomic E-state index is 12.4. The van der Waals surface area contributed by atoms with Gasteiger partial charge in [0.25, 0.3) is 5.91 Å². The van der Waals surface area contributed by atoms with Crippen LogP contribution in [0, 0.1) is 18.3 Å². The predicted molar refractivity (Wildman–Crippen MR) is 108 cm³/mol. The van der Waals surface area contributed by atoms with Gasteiger partial charge in [-0.1, -0.05) is 0 Å². The third-order valence-electron chi connectivity index (χ3n) is 5.01. The molecule has 2 aromatic heterocycles. The van der Waals surface area contributed by atoms with Crippen molar-refractivity contribution in [2.75, 3.05) is 38.1 Å². The van der Waals surface area contributed by atoms with E-state index in [0.29, 0.717) is 42.2 Å². The lowest BCUT2D eigenvalue weighted by Crippen LogP contribution is -2.35. The zero-order valence-electron chi connectivity index (χ0n) is 16.3.